The molecule has 11 N–H and O–H groups in total. The van der Waals surface area contributed by atoms with E-state index in [1.807, 2.05) is 5.32 Å². The zero-order valence-electron chi connectivity index (χ0n) is 38.1. The number of rotatable bonds is 35. The van der Waals surface area contributed by atoms with E-state index in [4.69, 9.17) is 15.3 Å². The summed E-state index contributed by atoms with van der Waals surface area (Å²) in [7, 11) is 0. The number of urea groups is 1. The van der Waals surface area contributed by atoms with E-state index in [0.717, 1.165) is 0 Å². The first-order valence-corrected chi connectivity index (χ1v) is 21.6. The van der Waals surface area contributed by atoms with Gasteiger partial charge < -0.3 is 77.2 Å². The molecule has 0 fully saturated rings. The number of carbonyl (C=O) groups excluding carboxylic acids is 5. The van der Waals surface area contributed by atoms with E-state index >= 15 is 0 Å². The van der Waals surface area contributed by atoms with Crippen LogP contribution >= 0.6 is 0 Å². The first kappa shape index (κ1) is 62.6. The Morgan fingerprint density at radius 3 is 1.43 bits per heavy atom. The Balaban J connectivity index is 0.0000231. The zero-order chi connectivity index (χ0) is 49.9. The van der Waals surface area contributed by atoms with Crippen molar-refractivity contribution >= 4 is 73.5 Å². The van der Waals surface area contributed by atoms with Gasteiger partial charge in [-0.05, 0) is 73.6 Å². The van der Waals surface area contributed by atoms with Crippen molar-refractivity contribution in [3.63, 3.8) is 0 Å². The number of carboxylic acids is 6. The van der Waals surface area contributed by atoms with Crippen LogP contribution in [0.5, 0.6) is 11.5 Å². The molecule has 0 bridgehead atoms. The number of unbranched alkanes of at least 4 members (excludes halogenated alkanes) is 3. The number of amides is 4. The van der Waals surface area contributed by atoms with Crippen molar-refractivity contribution in [2.24, 2.45) is 0 Å². The first-order valence-electron chi connectivity index (χ1n) is 21.6. The van der Waals surface area contributed by atoms with Gasteiger partial charge in [0, 0.05) is 78.0 Å². The predicted molar refractivity (Wildman–Crippen MR) is 237 cm³/mol. The Labute approximate surface area is 410 Å². The fraction of sp³-hybridized carbons (Fsp3) is 0.523. The third kappa shape index (κ3) is 27.9. The molecule has 0 aliphatic carbocycles. The number of hydrogen-bond donors (Lipinski definition) is 8. The van der Waals surface area contributed by atoms with Crippen molar-refractivity contribution < 1.29 is 89.5 Å². The number of carboxylic acid groups (broad SMARTS) is 6. The van der Waals surface area contributed by atoms with Crippen LogP contribution in [0.1, 0.15) is 92.9 Å². The van der Waals surface area contributed by atoms with Gasteiger partial charge in [-0.2, -0.15) is 0 Å². The molecule has 2 aromatic rings. The molecule has 0 radical (unpaired) electrons. The quantitative estimate of drug-likeness (QED) is 0.0187. The molecule has 2 atom stereocenters. The van der Waals surface area contributed by atoms with Crippen LogP contribution < -0.4 is 41.7 Å². The van der Waals surface area contributed by atoms with Gasteiger partial charge in [0.2, 0.25) is 11.8 Å². The van der Waals surface area contributed by atoms with Gasteiger partial charge in [-0.3, -0.25) is 29.0 Å². The summed E-state index contributed by atoms with van der Waals surface area (Å²) in [5, 5.41) is 94.6. The summed E-state index contributed by atoms with van der Waals surface area (Å²) in [6.45, 7) is -0.999. The van der Waals surface area contributed by atoms with Gasteiger partial charge in [-0.25, -0.2) is 14.4 Å². The Morgan fingerprint density at radius 2 is 0.986 bits per heavy atom. The molecular weight excluding hydrogens is 970 g/mol. The molecule has 69 heavy (non-hydrogen) atoms. The number of nitrogens with zero attached hydrogens (tertiary/aromatic N) is 2. The van der Waals surface area contributed by atoms with Crippen LogP contribution in [0.4, 0.5) is 4.79 Å². The largest absolute Gasteiger partial charge is 3.00 e. The summed E-state index contributed by atoms with van der Waals surface area (Å²) >= 11 is 0. The average Bonchev–Trinajstić information content (AvgIpc) is 3.24. The van der Waals surface area contributed by atoms with Gasteiger partial charge in [-0.15, -0.1) is 11.5 Å². The summed E-state index contributed by atoms with van der Waals surface area (Å²) in [6.07, 6.45) is 2.04. The second-order valence-corrected chi connectivity index (χ2v) is 15.8. The monoisotopic (exact) mass is 1030 g/mol. The summed E-state index contributed by atoms with van der Waals surface area (Å²) in [6, 6.07) is 4.73. The van der Waals surface area contributed by atoms with E-state index in [9.17, 15) is 68.7 Å². The predicted octanol–water partition coefficient (Wildman–Crippen LogP) is -3.68. The third-order valence-electron chi connectivity index (χ3n) is 10.2. The van der Waals surface area contributed by atoms with Crippen molar-refractivity contribution in [3.05, 3.63) is 58.7 Å². The number of aryl methyl sites for hydroxylation is 2. The van der Waals surface area contributed by atoms with Crippen LogP contribution in [0.3, 0.4) is 0 Å². The molecule has 4 amide bonds. The molecule has 2 rings (SSSR count). The van der Waals surface area contributed by atoms with Crippen molar-refractivity contribution in [3.8, 4) is 11.5 Å². The fourth-order valence-corrected chi connectivity index (χ4v) is 6.72. The molecule has 2 aromatic carbocycles. The normalized spacial score (nSPS) is 11.6. The summed E-state index contributed by atoms with van der Waals surface area (Å²) in [5.74, 6) is -9.28. The van der Waals surface area contributed by atoms with Crippen LogP contribution in [0, 0.1) is 0 Å². The number of benzene rings is 2. The van der Waals surface area contributed by atoms with Crippen LogP contribution in [0.25, 0.3) is 0 Å². The molecule has 25 heteroatoms. The number of hydrogen-bond acceptors (Lipinski definition) is 15. The zero-order valence-corrected chi connectivity index (χ0v) is 40.5. The Morgan fingerprint density at radius 1 is 0.551 bits per heavy atom. The smallest absolute Gasteiger partial charge is 0.872 e. The molecule has 24 nitrogen and oxygen atoms in total. The molecule has 0 aromatic heterocycles. The molecule has 0 spiro atoms. The second-order valence-electron chi connectivity index (χ2n) is 15.8. The minimum Gasteiger partial charge on any atom is -0.872 e. The Bertz CT molecular complexity index is 2020. The minimum absolute atomic E-state index is 0. The van der Waals surface area contributed by atoms with E-state index in [1.54, 1.807) is 12.1 Å². The van der Waals surface area contributed by atoms with Gasteiger partial charge in [-0.1, -0.05) is 42.8 Å². The van der Waals surface area contributed by atoms with Crippen LogP contribution in [-0.2, 0) is 69.8 Å². The van der Waals surface area contributed by atoms with Crippen molar-refractivity contribution in [1.29, 1.82) is 0 Å². The Kier molecular flexibility index (Phi) is 30.8. The maximum Gasteiger partial charge on any atom is 3.00 e. The first-order chi connectivity index (χ1) is 31.7. The standard InChI is InChI=1S/C44H62N6O17.Ga.H2O/c51-34-13-8-28(22-30(34)24-49(26-40(59)60)20-21-50(27-41(61)62)25-31-23-29(9-14-35(31)52)11-16-38(55)56)10-15-37(54)46-18-4-1-2-7-36(53)45-19-5-3-6-32(42(63)64)47-44(67)48-33(43(65)66)12-17-39(57)58;;/h8-9,13-14,22-23,32-33,51-52H,1-7,10-12,15-21,24-27H2,(H,45,53)(H,46,54)(H,55,56)(H,57,58)(H,59,60)(H,61,62)(H,63,64)(H,65,66)(H2,47,48,67);;1H2/q;+3;/p-3. The topological polar surface area (TPSA) is 414 Å². The van der Waals surface area contributed by atoms with Gasteiger partial charge >= 0.3 is 49.7 Å². The van der Waals surface area contributed by atoms with Gasteiger partial charge in [0.05, 0.1) is 11.9 Å². The maximum absolute atomic E-state index is 12.8. The summed E-state index contributed by atoms with van der Waals surface area (Å²) in [4.78, 5) is 107. The van der Waals surface area contributed by atoms with E-state index in [1.165, 1.54) is 34.1 Å². The van der Waals surface area contributed by atoms with E-state index in [0.29, 0.717) is 49.8 Å². The van der Waals surface area contributed by atoms with Crippen LogP contribution in [0.2, 0.25) is 0 Å². The second kappa shape index (κ2) is 34.0. The van der Waals surface area contributed by atoms with E-state index in [2.05, 4.69) is 16.0 Å². The third-order valence-corrected chi connectivity index (χ3v) is 10.2. The van der Waals surface area contributed by atoms with Crippen molar-refractivity contribution in [1.82, 2.24) is 31.1 Å². The molecule has 0 saturated heterocycles. The molecule has 2 unspecified atom stereocenters. The summed E-state index contributed by atoms with van der Waals surface area (Å²) < 4.78 is 0. The van der Waals surface area contributed by atoms with Crippen LogP contribution in [-0.4, -0.2) is 155 Å². The molecule has 378 valence electrons. The van der Waals surface area contributed by atoms with Gasteiger partial charge in [0.15, 0.2) is 0 Å². The maximum atomic E-state index is 12.8. The van der Waals surface area contributed by atoms with Gasteiger partial charge in [0.25, 0.3) is 0 Å². The van der Waals surface area contributed by atoms with Gasteiger partial charge in [0.1, 0.15) is 12.1 Å². The van der Waals surface area contributed by atoms with E-state index < -0.39 is 85.6 Å². The number of aliphatic carboxylic acids is 6. The van der Waals surface area contributed by atoms with Crippen molar-refractivity contribution in [2.75, 3.05) is 39.3 Å². The fourth-order valence-electron chi connectivity index (χ4n) is 6.72. The molecule has 0 saturated carbocycles. The molecule has 0 aliphatic rings. The average molecular weight is 1030 g/mol. The number of nitrogens with one attached hydrogen (secondary N) is 4. The SMILES string of the molecule is O=C([O-])CN(CCN(CC(=O)[O-])Cc1cc(CCC(=O)NCCCCCC(=O)NCCCCC(NC(=O)NC(CCC(=O)O)C(=O)O)C(=O)O)ccc1[O-])Cc1cc(CCC(=O)O)ccc1[O-].[Ga+3].[OH3+]. The minimum atomic E-state index is -1.52. The molecular formula is C44H61GaN6O18. The number of carbonyl (C=O) groups is 9. The van der Waals surface area contributed by atoms with Crippen LogP contribution in [0.15, 0.2) is 36.4 Å². The molecule has 0 aliphatic heterocycles. The summed E-state index contributed by atoms with van der Waals surface area (Å²) in [5.41, 5.74) is 1.65. The van der Waals surface area contributed by atoms with E-state index in [-0.39, 0.29) is 125 Å². The van der Waals surface area contributed by atoms with Crippen molar-refractivity contribution in [2.45, 2.75) is 109 Å². The Hall–Kier alpha value is -6.41. The molecule has 0 heterocycles.